The van der Waals surface area contributed by atoms with E-state index in [4.69, 9.17) is 14.0 Å². The van der Waals surface area contributed by atoms with Crippen LogP contribution in [0.2, 0.25) is 0 Å². The molecule has 0 aliphatic carbocycles. The molecule has 1 atom stereocenters. The van der Waals surface area contributed by atoms with E-state index in [-0.39, 0.29) is 18.4 Å². The number of morpholine rings is 1. The summed E-state index contributed by atoms with van der Waals surface area (Å²) in [5.74, 6) is 0.932. The van der Waals surface area contributed by atoms with Crippen LogP contribution >= 0.6 is 0 Å². The second-order valence-electron chi connectivity index (χ2n) is 7.36. The van der Waals surface area contributed by atoms with Crippen LogP contribution in [0.3, 0.4) is 0 Å². The van der Waals surface area contributed by atoms with Crippen molar-refractivity contribution in [1.29, 1.82) is 0 Å². The molecule has 2 heterocycles. The maximum Gasteiger partial charge on any atom is 0.251 e. The van der Waals surface area contributed by atoms with E-state index in [2.05, 4.69) is 20.4 Å². The van der Waals surface area contributed by atoms with Crippen LogP contribution in [-0.2, 0) is 4.74 Å². The van der Waals surface area contributed by atoms with Gasteiger partial charge >= 0.3 is 0 Å². The number of carbonyl (C=O) groups is 1. The topological polar surface area (TPSA) is 110 Å². The summed E-state index contributed by atoms with van der Waals surface area (Å²) >= 11 is 0. The van der Waals surface area contributed by atoms with E-state index in [0.717, 1.165) is 44.2 Å². The van der Waals surface area contributed by atoms with Gasteiger partial charge in [-0.15, -0.1) is 0 Å². The predicted octanol–water partition coefficient (Wildman–Crippen LogP) is 1.91. The highest BCUT2D eigenvalue weighted by Gasteiger charge is 2.21. The number of carbonyl (C=O) groups excluding carboxylic acids is 1. The lowest BCUT2D eigenvalue weighted by Crippen LogP contribution is -2.38. The summed E-state index contributed by atoms with van der Waals surface area (Å²) < 4.78 is 16.5. The summed E-state index contributed by atoms with van der Waals surface area (Å²) in [6, 6.07) is 15.3. The van der Waals surface area contributed by atoms with Crippen molar-refractivity contribution >= 4 is 5.91 Å². The number of aliphatic hydroxyl groups excluding tert-OH is 1. The number of amides is 1. The number of benzene rings is 2. The Kier molecular flexibility index (Phi) is 7.44. The van der Waals surface area contributed by atoms with Gasteiger partial charge in [0.15, 0.2) is 0 Å². The van der Waals surface area contributed by atoms with Crippen LogP contribution in [0.5, 0.6) is 5.75 Å². The number of nitrogens with one attached hydrogen (secondary N) is 1. The first-order valence-corrected chi connectivity index (χ1v) is 10.6. The first-order valence-electron chi connectivity index (χ1n) is 10.6. The van der Waals surface area contributed by atoms with E-state index in [1.807, 2.05) is 30.3 Å². The zero-order valence-electron chi connectivity index (χ0n) is 17.6. The molecule has 2 N–H and O–H groups in total. The number of aliphatic hydroxyl groups is 1. The molecule has 1 aliphatic heterocycles. The van der Waals surface area contributed by atoms with Crippen LogP contribution in [-0.4, -0.2) is 72.1 Å². The average Bonchev–Trinajstić information content (AvgIpc) is 3.34. The van der Waals surface area contributed by atoms with E-state index in [1.165, 1.54) is 0 Å². The summed E-state index contributed by atoms with van der Waals surface area (Å²) in [4.78, 5) is 19.0. The minimum absolute atomic E-state index is 0.137. The van der Waals surface area contributed by atoms with E-state index in [1.54, 1.807) is 24.3 Å². The summed E-state index contributed by atoms with van der Waals surface area (Å²) in [5.41, 5.74) is 1.22. The lowest BCUT2D eigenvalue weighted by Gasteiger charge is -2.26. The molecule has 2 aromatic carbocycles. The Labute approximate surface area is 186 Å². The van der Waals surface area contributed by atoms with Crippen LogP contribution in [0.4, 0.5) is 0 Å². The molecule has 32 heavy (non-hydrogen) atoms. The highest BCUT2D eigenvalue weighted by molar-refractivity contribution is 5.94. The van der Waals surface area contributed by atoms with Crippen molar-refractivity contribution in [2.24, 2.45) is 0 Å². The van der Waals surface area contributed by atoms with Gasteiger partial charge in [0.2, 0.25) is 5.82 Å². The van der Waals surface area contributed by atoms with Gasteiger partial charge in [-0.05, 0) is 36.4 Å². The Balaban J connectivity index is 1.33. The van der Waals surface area contributed by atoms with Gasteiger partial charge in [0, 0.05) is 30.8 Å². The van der Waals surface area contributed by atoms with Crippen LogP contribution in [0, 0.1) is 0 Å². The molecule has 0 spiro atoms. The molecule has 0 saturated carbocycles. The van der Waals surface area contributed by atoms with E-state index >= 15 is 0 Å². The van der Waals surface area contributed by atoms with Gasteiger partial charge in [0.1, 0.15) is 18.4 Å². The molecule has 168 valence electrons. The SMILES string of the molecule is O=C(N[C@@H](CO)c1nc(-c2ccc(OCCN3CCOCC3)cc2)no1)c1ccccc1. The summed E-state index contributed by atoms with van der Waals surface area (Å²) in [6.07, 6.45) is 0. The van der Waals surface area contributed by atoms with Crippen molar-refractivity contribution in [2.45, 2.75) is 6.04 Å². The minimum Gasteiger partial charge on any atom is -0.492 e. The van der Waals surface area contributed by atoms with Crippen molar-refractivity contribution in [3.63, 3.8) is 0 Å². The lowest BCUT2D eigenvalue weighted by molar-refractivity contribution is 0.0322. The quantitative estimate of drug-likeness (QED) is 0.521. The molecule has 1 aliphatic rings. The standard InChI is InChI=1S/C23H26N4O5/c28-16-20(24-22(29)18-4-2-1-3-5-18)23-25-21(26-32-23)17-6-8-19(9-7-17)31-15-12-27-10-13-30-14-11-27/h1-9,20,28H,10-16H2,(H,24,29)/t20-/m0/s1. The van der Waals surface area contributed by atoms with Gasteiger partial charge in [-0.1, -0.05) is 23.4 Å². The molecule has 1 fully saturated rings. The molecule has 9 nitrogen and oxygen atoms in total. The summed E-state index contributed by atoms with van der Waals surface area (Å²) in [7, 11) is 0. The van der Waals surface area contributed by atoms with Gasteiger partial charge < -0.3 is 24.4 Å². The Hall–Kier alpha value is -3.27. The highest BCUT2D eigenvalue weighted by atomic mass is 16.5. The molecular weight excluding hydrogens is 412 g/mol. The number of hydrogen-bond acceptors (Lipinski definition) is 8. The molecular formula is C23H26N4O5. The van der Waals surface area contributed by atoms with Crippen molar-refractivity contribution < 1.29 is 23.9 Å². The molecule has 4 rings (SSSR count). The highest BCUT2D eigenvalue weighted by Crippen LogP contribution is 2.22. The fourth-order valence-corrected chi connectivity index (χ4v) is 3.33. The van der Waals surface area contributed by atoms with E-state index < -0.39 is 6.04 Å². The van der Waals surface area contributed by atoms with Gasteiger partial charge in [-0.25, -0.2) is 0 Å². The summed E-state index contributed by atoms with van der Waals surface area (Å²) in [6.45, 7) is 4.51. The molecule has 0 unspecified atom stereocenters. The number of ether oxygens (including phenoxy) is 2. The molecule has 3 aromatic rings. The molecule has 9 heteroatoms. The van der Waals surface area contributed by atoms with Crippen molar-refractivity contribution in [2.75, 3.05) is 46.1 Å². The average molecular weight is 438 g/mol. The molecule has 0 bridgehead atoms. The Bertz CT molecular complexity index is 987. The molecule has 1 aromatic heterocycles. The van der Waals surface area contributed by atoms with E-state index in [9.17, 15) is 9.90 Å². The maximum atomic E-state index is 12.4. The first-order chi connectivity index (χ1) is 15.7. The van der Waals surface area contributed by atoms with Crippen LogP contribution in [0.1, 0.15) is 22.3 Å². The molecule has 1 amide bonds. The number of aromatic nitrogens is 2. The fourth-order valence-electron chi connectivity index (χ4n) is 3.33. The second-order valence-corrected chi connectivity index (χ2v) is 7.36. The third-order valence-corrected chi connectivity index (χ3v) is 5.16. The monoisotopic (exact) mass is 438 g/mol. The molecule has 0 radical (unpaired) electrons. The van der Waals surface area contributed by atoms with Crippen molar-refractivity contribution in [3.8, 4) is 17.1 Å². The van der Waals surface area contributed by atoms with Crippen LogP contribution < -0.4 is 10.1 Å². The Morgan fingerprint density at radius 3 is 2.59 bits per heavy atom. The van der Waals surface area contributed by atoms with Crippen LogP contribution in [0.15, 0.2) is 59.1 Å². The Morgan fingerprint density at radius 1 is 1.12 bits per heavy atom. The molecule has 1 saturated heterocycles. The largest absolute Gasteiger partial charge is 0.492 e. The zero-order chi connectivity index (χ0) is 22.2. The minimum atomic E-state index is -0.799. The third kappa shape index (κ3) is 5.70. The lowest BCUT2D eigenvalue weighted by atomic mass is 10.2. The van der Waals surface area contributed by atoms with Crippen molar-refractivity contribution in [1.82, 2.24) is 20.4 Å². The number of nitrogens with zero attached hydrogens (tertiary/aromatic N) is 3. The smallest absolute Gasteiger partial charge is 0.251 e. The predicted molar refractivity (Wildman–Crippen MR) is 116 cm³/mol. The zero-order valence-corrected chi connectivity index (χ0v) is 17.6. The number of rotatable bonds is 9. The second kappa shape index (κ2) is 10.9. The summed E-state index contributed by atoms with van der Waals surface area (Å²) in [5, 5.41) is 16.4. The van der Waals surface area contributed by atoms with Gasteiger partial charge in [0.05, 0.1) is 19.8 Å². The van der Waals surface area contributed by atoms with Crippen molar-refractivity contribution in [3.05, 3.63) is 66.1 Å². The van der Waals surface area contributed by atoms with Gasteiger partial charge in [-0.3, -0.25) is 9.69 Å². The normalized spacial score (nSPS) is 15.3. The Morgan fingerprint density at radius 2 is 1.88 bits per heavy atom. The first kappa shape index (κ1) is 21.9. The van der Waals surface area contributed by atoms with Crippen LogP contribution in [0.25, 0.3) is 11.4 Å². The fraction of sp³-hybridized carbons (Fsp3) is 0.348. The van der Waals surface area contributed by atoms with Gasteiger partial charge in [0.25, 0.3) is 11.8 Å². The van der Waals surface area contributed by atoms with Gasteiger partial charge in [-0.2, -0.15) is 4.98 Å². The van der Waals surface area contributed by atoms with E-state index in [0.29, 0.717) is 18.0 Å². The maximum absolute atomic E-state index is 12.4. The third-order valence-electron chi connectivity index (χ3n) is 5.16. The number of hydrogen-bond donors (Lipinski definition) is 2.